The molecule has 0 amide bonds. The Labute approximate surface area is 127 Å². The van der Waals surface area contributed by atoms with Crippen molar-refractivity contribution in [2.24, 2.45) is 0 Å². The molecule has 1 atom stereocenters. The van der Waals surface area contributed by atoms with E-state index in [1.54, 1.807) is 18.4 Å². The van der Waals surface area contributed by atoms with Gasteiger partial charge in [-0.15, -0.1) is 0 Å². The van der Waals surface area contributed by atoms with Crippen molar-refractivity contribution in [1.82, 2.24) is 4.72 Å². The van der Waals surface area contributed by atoms with Crippen LogP contribution in [0.1, 0.15) is 22.8 Å². The summed E-state index contributed by atoms with van der Waals surface area (Å²) in [6.07, 6.45) is -0.885. The van der Waals surface area contributed by atoms with Crippen LogP contribution >= 0.6 is 11.3 Å². The Hall–Kier alpha value is -1.72. The molecule has 2 rings (SSSR count). The summed E-state index contributed by atoms with van der Waals surface area (Å²) in [5.74, 6) is 0. The van der Waals surface area contributed by atoms with Gasteiger partial charge in [-0.2, -0.15) is 16.6 Å². The molecule has 110 valence electrons. The highest BCUT2D eigenvalue weighted by Gasteiger charge is 2.19. The molecule has 0 spiro atoms. The number of benzene rings is 1. The lowest BCUT2D eigenvalue weighted by molar-refractivity contribution is 0.182. The van der Waals surface area contributed by atoms with Gasteiger partial charge in [-0.05, 0) is 53.1 Å². The molecular formula is C14H14N2O3S2. The third kappa shape index (κ3) is 3.68. The minimum Gasteiger partial charge on any atom is -0.387 e. The summed E-state index contributed by atoms with van der Waals surface area (Å²) < 4.78 is 26.8. The lowest BCUT2D eigenvalue weighted by Gasteiger charge is -2.12. The molecule has 0 bridgehead atoms. The van der Waals surface area contributed by atoms with Crippen LogP contribution in [0.15, 0.2) is 39.9 Å². The van der Waals surface area contributed by atoms with Crippen molar-refractivity contribution in [3.8, 4) is 6.07 Å². The van der Waals surface area contributed by atoms with Crippen LogP contribution in [0.2, 0.25) is 0 Å². The Balaban J connectivity index is 2.14. The maximum Gasteiger partial charge on any atom is 0.240 e. The Morgan fingerprint density at radius 3 is 2.76 bits per heavy atom. The first-order valence-corrected chi connectivity index (χ1v) is 8.57. The lowest BCUT2D eigenvalue weighted by atomic mass is 10.2. The number of aliphatic hydroxyl groups excluding tert-OH is 1. The molecule has 21 heavy (non-hydrogen) atoms. The van der Waals surface area contributed by atoms with Gasteiger partial charge >= 0.3 is 0 Å². The molecule has 1 unspecified atom stereocenters. The fourth-order valence-corrected chi connectivity index (χ4v) is 3.84. The topological polar surface area (TPSA) is 90.2 Å². The van der Waals surface area contributed by atoms with Gasteiger partial charge in [0.05, 0.1) is 22.6 Å². The van der Waals surface area contributed by atoms with E-state index in [-0.39, 0.29) is 11.4 Å². The standard InChI is InChI=1S/C14H14N2O3S2/c1-10-6-11(7-15)2-3-14(10)21(18,19)16-8-13(17)12-4-5-20-9-12/h2-6,9,13,16-17H,8H2,1H3. The van der Waals surface area contributed by atoms with Crippen molar-refractivity contribution in [3.05, 3.63) is 51.7 Å². The first-order chi connectivity index (χ1) is 9.94. The molecule has 0 fully saturated rings. The summed E-state index contributed by atoms with van der Waals surface area (Å²) in [6, 6.07) is 8.08. The Morgan fingerprint density at radius 1 is 1.43 bits per heavy atom. The molecule has 0 radical (unpaired) electrons. The molecule has 1 aromatic carbocycles. The van der Waals surface area contributed by atoms with Gasteiger partial charge in [0.15, 0.2) is 0 Å². The minimum atomic E-state index is -3.72. The molecule has 0 aliphatic rings. The molecule has 2 aromatic rings. The van der Waals surface area contributed by atoms with E-state index in [1.807, 2.05) is 11.4 Å². The lowest BCUT2D eigenvalue weighted by Crippen LogP contribution is -2.29. The third-order valence-electron chi connectivity index (χ3n) is 2.99. The first kappa shape index (κ1) is 15.7. The summed E-state index contributed by atoms with van der Waals surface area (Å²) in [6.45, 7) is 1.53. The number of hydrogen-bond donors (Lipinski definition) is 2. The van der Waals surface area contributed by atoms with Gasteiger partial charge in [-0.1, -0.05) is 0 Å². The second-order valence-electron chi connectivity index (χ2n) is 4.52. The van der Waals surface area contributed by atoms with Crippen LogP contribution in [0.25, 0.3) is 0 Å². The third-order valence-corrected chi connectivity index (χ3v) is 5.27. The van der Waals surface area contributed by atoms with Crippen LogP contribution in [0.3, 0.4) is 0 Å². The predicted molar refractivity (Wildman–Crippen MR) is 80.4 cm³/mol. The largest absolute Gasteiger partial charge is 0.387 e. The maximum absolute atomic E-state index is 12.2. The average Bonchev–Trinajstić information content (AvgIpc) is 2.98. The quantitative estimate of drug-likeness (QED) is 0.880. The molecule has 0 saturated carbocycles. The second-order valence-corrected chi connectivity index (χ2v) is 7.03. The van der Waals surface area contributed by atoms with Crippen LogP contribution in [0.5, 0.6) is 0 Å². The monoisotopic (exact) mass is 322 g/mol. The van der Waals surface area contributed by atoms with E-state index < -0.39 is 16.1 Å². The highest BCUT2D eigenvalue weighted by Crippen LogP contribution is 2.19. The van der Waals surface area contributed by atoms with Gasteiger partial charge in [-0.3, -0.25) is 0 Å². The summed E-state index contributed by atoms with van der Waals surface area (Å²) in [7, 11) is -3.72. The van der Waals surface area contributed by atoms with Crippen LogP contribution in [0.4, 0.5) is 0 Å². The number of aliphatic hydroxyl groups is 1. The van der Waals surface area contributed by atoms with Crippen LogP contribution in [-0.4, -0.2) is 20.1 Å². The van der Waals surface area contributed by atoms with Gasteiger partial charge in [0.2, 0.25) is 10.0 Å². The molecule has 0 aliphatic heterocycles. The molecule has 1 heterocycles. The molecule has 7 heteroatoms. The number of hydrogen-bond acceptors (Lipinski definition) is 5. The number of nitrogens with zero attached hydrogens (tertiary/aromatic N) is 1. The summed E-state index contributed by atoms with van der Waals surface area (Å²) in [5.41, 5.74) is 1.58. The van der Waals surface area contributed by atoms with E-state index in [9.17, 15) is 13.5 Å². The molecule has 5 nitrogen and oxygen atoms in total. The number of nitriles is 1. The van der Waals surface area contributed by atoms with Gasteiger partial charge in [0.25, 0.3) is 0 Å². The molecule has 1 aromatic heterocycles. The van der Waals surface area contributed by atoms with Gasteiger partial charge in [0.1, 0.15) is 0 Å². The van der Waals surface area contributed by atoms with Crippen LogP contribution in [-0.2, 0) is 10.0 Å². The average molecular weight is 322 g/mol. The zero-order valence-corrected chi connectivity index (χ0v) is 12.9. The van der Waals surface area contributed by atoms with E-state index >= 15 is 0 Å². The van der Waals surface area contributed by atoms with E-state index in [0.717, 1.165) is 0 Å². The van der Waals surface area contributed by atoms with E-state index in [4.69, 9.17) is 5.26 Å². The highest BCUT2D eigenvalue weighted by atomic mass is 32.2. The van der Waals surface area contributed by atoms with Gasteiger partial charge in [0, 0.05) is 6.54 Å². The molecule has 0 aliphatic carbocycles. The Kier molecular flexibility index (Phi) is 4.75. The van der Waals surface area contributed by atoms with Crippen molar-refractivity contribution in [3.63, 3.8) is 0 Å². The smallest absolute Gasteiger partial charge is 0.240 e. The van der Waals surface area contributed by atoms with E-state index in [0.29, 0.717) is 16.7 Å². The number of thiophene rings is 1. The predicted octanol–water partition coefficient (Wildman–Crippen LogP) is 1.94. The zero-order valence-electron chi connectivity index (χ0n) is 11.3. The Morgan fingerprint density at radius 2 is 2.19 bits per heavy atom. The molecular weight excluding hydrogens is 308 g/mol. The van der Waals surface area contributed by atoms with Crippen LogP contribution in [0, 0.1) is 18.3 Å². The van der Waals surface area contributed by atoms with Crippen molar-refractivity contribution < 1.29 is 13.5 Å². The van der Waals surface area contributed by atoms with E-state index in [1.165, 1.54) is 29.5 Å². The Bertz CT molecular complexity index is 762. The maximum atomic E-state index is 12.2. The van der Waals surface area contributed by atoms with Gasteiger partial charge in [-0.25, -0.2) is 13.1 Å². The van der Waals surface area contributed by atoms with Crippen LogP contribution < -0.4 is 4.72 Å². The normalized spacial score (nSPS) is 12.8. The SMILES string of the molecule is Cc1cc(C#N)ccc1S(=O)(=O)NCC(O)c1ccsc1. The summed E-state index contributed by atoms with van der Waals surface area (Å²) in [5, 5.41) is 22.3. The molecule has 0 saturated heterocycles. The van der Waals surface area contributed by atoms with E-state index in [2.05, 4.69) is 4.72 Å². The first-order valence-electron chi connectivity index (χ1n) is 6.14. The number of aryl methyl sites for hydroxylation is 1. The highest BCUT2D eigenvalue weighted by molar-refractivity contribution is 7.89. The number of rotatable bonds is 5. The van der Waals surface area contributed by atoms with Crippen molar-refractivity contribution >= 4 is 21.4 Å². The van der Waals surface area contributed by atoms with Crippen molar-refractivity contribution in [2.45, 2.75) is 17.9 Å². The fraction of sp³-hybridized carbons (Fsp3) is 0.214. The number of nitrogens with one attached hydrogen (secondary N) is 1. The molecule has 2 N–H and O–H groups in total. The van der Waals surface area contributed by atoms with Gasteiger partial charge < -0.3 is 5.11 Å². The minimum absolute atomic E-state index is 0.0987. The number of sulfonamides is 1. The zero-order chi connectivity index (χ0) is 15.5. The van der Waals surface area contributed by atoms with Crippen molar-refractivity contribution in [1.29, 1.82) is 5.26 Å². The van der Waals surface area contributed by atoms with Crippen molar-refractivity contribution in [2.75, 3.05) is 6.54 Å². The fourth-order valence-electron chi connectivity index (χ4n) is 1.87. The second kappa shape index (κ2) is 6.37. The summed E-state index contributed by atoms with van der Waals surface area (Å²) >= 11 is 1.44. The summed E-state index contributed by atoms with van der Waals surface area (Å²) in [4.78, 5) is 0.110.